The molecule has 0 aromatic rings. The van der Waals surface area contributed by atoms with E-state index in [2.05, 4.69) is 23.8 Å². The van der Waals surface area contributed by atoms with Gasteiger partial charge in [0.2, 0.25) is 11.8 Å². The fourth-order valence-electron chi connectivity index (χ4n) is 7.31. The molecule has 2 saturated heterocycles. The molecule has 0 aromatic carbocycles. The second-order valence-electron chi connectivity index (χ2n) is 11.4. The minimum absolute atomic E-state index is 0.0872. The molecule has 3 saturated carbocycles. The summed E-state index contributed by atoms with van der Waals surface area (Å²) in [6.07, 6.45) is 12.4. The van der Waals surface area contributed by atoms with Gasteiger partial charge in [-0.05, 0) is 89.1 Å². The van der Waals surface area contributed by atoms with E-state index in [1.165, 1.54) is 45.1 Å². The number of amides is 2. The Morgan fingerprint density at radius 1 is 0.767 bits per heavy atom. The highest BCUT2D eigenvalue weighted by molar-refractivity contribution is 5.85. The van der Waals surface area contributed by atoms with Crippen molar-refractivity contribution in [1.82, 2.24) is 14.7 Å². The van der Waals surface area contributed by atoms with Gasteiger partial charge in [0.15, 0.2) is 0 Å². The van der Waals surface area contributed by atoms with Crippen molar-refractivity contribution in [3.05, 3.63) is 0 Å². The Morgan fingerprint density at radius 3 is 2.10 bits per heavy atom. The van der Waals surface area contributed by atoms with Crippen molar-refractivity contribution in [2.75, 3.05) is 39.8 Å². The van der Waals surface area contributed by atoms with Crippen molar-refractivity contribution in [2.45, 2.75) is 77.2 Å². The van der Waals surface area contributed by atoms with Crippen LogP contribution in [-0.2, 0) is 9.59 Å². The maximum atomic E-state index is 13.2. The van der Waals surface area contributed by atoms with E-state index in [4.69, 9.17) is 0 Å². The van der Waals surface area contributed by atoms with Gasteiger partial charge in [-0.15, -0.1) is 0 Å². The zero-order valence-corrected chi connectivity index (χ0v) is 19.2. The number of piperazine rings is 1. The molecule has 5 fully saturated rings. The van der Waals surface area contributed by atoms with Crippen LogP contribution >= 0.6 is 0 Å². The van der Waals surface area contributed by atoms with E-state index in [9.17, 15) is 9.59 Å². The quantitative estimate of drug-likeness (QED) is 0.710. The van der Waals surface area contributed by atoms with Crippen molar-refractivity contribution in [1.29, 1.82) is 0 Å². The van der Waals surface area contributed by atoms with Crippen molar-refractivity contribution < 1.29 is 9.59 Å². The monoisotopic (exact) mass is 415 g/mol. The maximum Gasteiger partial charge on any atom is 0.228 e. The third-order valence-corrected chi connectivity index (χ3v) is 9.52. The van der Waals surface area contributed by atoms with E-state index < -0.39 is 0 Å². The lowest BCUT2D eigenvalue weighted by atomic mass is 9.66. The van der Waals surface area contributed by atoms with Gasteiger partial charge in [-0.2, -0.15) is 0 Å². The molecule has 0 bridgehead atoms. The zero-order valence-electron chi connectivity index (χ0n) is 19.2. The van der Waals surface area contributed by atoms with E-state index in [0.717, 1.165) is 75.7 Å². The predicted octanol–water partition coefficient (Wildman–Crippen LogP) is 3.38. The van der Waals surface area contributed by atoms with Gasteiger partial charge in [0, 0.05) is 43.6 Å². The van der Waals surface area contributed by atoms with Gasteiger partial charge in [-0.3, -0.25) is 9.59 Å². The number of hydrogen-bond acceptors (Lipinski definition) is 3. The molecule has 0 radical (unpaired) electrons. The van der Waals surface area contributed by atoms with E-state index in [1.807, 2.05) is 4.90 Å². The number of fused-ring (bicyclic) bond motifs is 1. The van der Waals surface area contributed by atoms with Crippen molar-refractivity contribution in [3.8, 4) is 0 Å². The van der Waals surface area contributed by atoms with Crippen molar-refractivity contribution in [3.63, 3.8) is 0 Å². The molecule has 5 rings (SSSR count). The van der Waals surface area contributed by atoms with Crippen LogP contribution in [0.25, 0.3) is 0 Å². The molecule has 0 N–H and O–H groups in total. The molecule has 168 valence electrons. The minimum Gasteiger partial charge on any atom is -0.339 e. The van der Waals surface area contributed by atoms with Gasteiger partial charge in [-0.1, -0.05) is 13.3 Å². The van der Waals surface area contributed by atoms with E-state index in [0.29, 0.717) is 11.8 Å². The van der Waals surface area contributed by atoms with Crippen LogP contribution < -0.4 is 0 Å². The van der Waals surface area contributed by atoms with Crippen LogP contribution in [0.1, 0.15) is 71.1 Å². The third kappa shape index (κ3) is 3.80. The highest BCUT2D eigenvalue weighted by Crippen LogP contribution is 2.47. The van der Waals surface area contributed by atoms with Crippen molar-refractivity contribution >= 4 is 11.8 Å². The lowest BCUT2D eigenvalue weighted by Gasteiger charge is -2.44. The molecule has 0 spiro atoms. The predicted molar refractivity (Wildman–Crippen MR) is 118 cm³/mol. The lowest BCUT2D eigenvalue weighted by molar-refractivity contribution is -0.145. The van der Waals surface area contributed by atoms with Crippen LogP contribution in [0, 0.1) is 29.1 Å². The van der Waals surface area contributed by atoms with Gasteiger partial charge in [0.05, 0.1) is 0 Å². The molecule has 5 aliphatic rings. The van der Waals surface area contributed by atoms with Crippen molar-refractivity contribution in [2.24, 2.45) is 29.1 Å². The van der Waals surface area contributed by atoms with Gasteiger partial charge >= 0.3 is 0 Å². The fourth-order valence-corrected chi connectivity index (χ4v) is 7.31. The van der Waals surface area contributed by atoms with Gasteiger partial charge in [-0.25, -0.2) is 0 Å². The molecule has 2 aliphatic heterocycles. The van der Waals surface area contributed by atoms with E-state index >= 15 is 0 Å². The van der Waals surface area contributed by atoms with Crippen LogP contribution in [-0.4, -0.2) is 72.3 Å². The average molecular weight is 416 g/mol. The fraction of sp³-hybridized carbons (Fsp3) is 0.920. The Labute approximate surface area is 182 Å². The summed E-state index contributed by atoms with van der Waals surface area (Å²) in [4.78, 5) is 32.5. The van der Waals surface area contributed by atoms with Gasteiger partial charge in [0.1, 0.15) is 0 Å². The minimum atomic E-state index is -0.0872. The standard InChI is InChI=1S/C25H41N3O2/c1-25(11-12-25)24(30)28-16-14-27(15-17-28)23(29)20-8-6-18(7-9-20)21-5-3-4-19-10-13-26(2)22(19)21/h18-22H,3-17H2,1-2H3. The van der Waals surface area contributed by atoms with E-state index in [-0.39, 0.29) is 11.3 Å². The van der Waals surface area contributed by atoms with E-state index in [1.54, 1.807) is 0 Å². The summed E-state index contributed by atoms with van der Waals surface area (Å²) in [6, 6.07) is 0.815. The Hall–Kier alpha value is -1.10. The Morgan fingerprint density at radius 2 is 1.43 bits per heavy atom. The number of rotatable bonds is 3. The molecule has 30 heavy (non-hydrogen) atoms. The largest absolute Gasteiger partial charge is 0.339 e. The van der Waals surface area contributed by atoms with Crippen LogP contribution in [0.2, 0.25) is 0 Å². The SMILES string of the molecule is CN1CCC2CCCC(C3CCC(C(=O)N4CCN(C(=O)C5(C)CC5)CC4)CC3)C21. The summed E-state index contributed by atoms with van der Waals surface area (Å²) in [5.41, 5.74) is -0.0872. The highest BCUT2D eigenvalue weighted by atomic mass is 16.2. The molecule has 2 heterocycles. The number of likely N-dealkylation sites (tertiary alicyclic amines) is 1. The highest BCUT2D eigenvalue weighted by Gasteiger charge is 2.48. The Balaban J connectivity index is 1.11. The maximum absolute atomic E-state index is 13.2. The van der Waals surface area contributed by atoms with Gasteiger partial charge in [0.25, 0.3) is 0 Å². The summed E-state index contributed by atoms with van der Waals surface area (Å²) >= 11 is 0. The first kappa shape index (κ1) is 20.8. The van der Waals surface area contributed by atoms with Crippen LogP contribution in [0.3, 0.4) is 0 Å². The third-order valence-electron chi connectivity index (χ3n) is 9.52. The molecule has 0 aromatic heterocycles. The molecule has 3 atom stereocenters. The topological polar surface area (TPSA) is 43.9 Å². The molecule has 5 heteroatoms. The number of carbonyl (C=O) groups is 2. The second-order valence-corrected chi connectivity index (χ2v) is 11.4. The number of carbonyl (C=O) groups excluding carboxylic acids is 2. The molecular weight excluding hydrogens is 374 g/mol. The molecule has 3 unspecified atom stereocenters. The molecular formula is C25H41N3O2. The summed E-state index contributed by atoms with van der Waals surface area (Å²) < 4.78 is 0. The average Bonchev–Trinajstić information content (AvgIpc) is 3.43. The Kier molecular flexibility index (Phi) is 5.62. The molecule has 3 aliphatic carbocycles. The lowest BCUT2D eigenvalue weighted by Crippen LogP contribution is -2.53. The second kappa shape index (κ2) is 8.11. The Bertz CT molecular complexity index is 657. The summed E-state index contributed by atoms with van der Waals surface area (Å²) in [5, 5.41) is 0. The first-order valence-electron chi connectivity index (χ1n) is 12.7. The van der Waals surface area contributed by atoms with Crippen LogP contribution in [0.4, 0.5) is 0 Å². The first-order valence-corrected chi connectivity index (χ1v) is 12.7. The smallest absolute Gasteiger partial charge is 0.228 e. The summed E-state index contributed by atoms with van der Waals surface area (Å²) in [6.45, 7) is 6.30. The van der Waals surface area contributed by atoms with Crippen LogP contribution in [0.15, 0.2) is 0 Å². The van der Waals surface area contributed by atoms with Crippen LogP contribution in [0.5, 0.6) is 0 Å². The number of nitrogens with zero attached hydrogens (tertiary/aromatic N) is 3. The number of hydrogen-bond donors (Lipinski definition) is 0. The first-order chi connectivity index (χ1) is 14.5. The summed E-state index contributed by atoms with van der Waals surface area (Å²) in [5.74, 6) is 3.55. The van der Waals surface area contributed by atoms with Gasteiger partial charge < -0.3 is 14.7 Å². The molecule has 2 amide bonds. The summed E-state index contributed by atoms with van der Waals surface area (Å²) in [7, 11) is 2.34. The molecule has 5 nitrogen and oxygen atoms in total. The normalized spacial score (nSPS) is 38.9. The zero-order chi connectivity index (χ0) is 20.9.